The SMILES string of the molecule is CN1CCOC(CNC(=O)c2cccc(Cl)c2)C1. The van der Waals surface area contributed by atoms with Gasteiger partial charge in [-0.25, -0.2) is 0 Å². The number of hydrogen-bond donors (Lipinski definition) is 1. The minimum absolute atomic E-state index is 0.0619. The van der Waals surface area contributed by atoms with Crippen LogP contribution in [0.25, 0.3) is 0 Å². The molecule has 1 unspecified atom stereocenters. The summed E-state index contributed by atoms with van der Waals surface area (Å²) in [5.41, 5.74) is 0.576. The van der Waals surface area contributed by atoms with Gasteiger partial charge in [-0.1, -0.05) is 17.7 Å². The first-order chi connectivity index (χ1) is 8.65. The molecule has 1 N–H and O–H groups in total. The molecule has 1 aromatic carbocycles. The summed E-state index contributed by atoms with van der Waals surface area (Å²) in [5.74, 6) is -0.116. The maximum absolute atomic E-state index is 11.9. The molecule has 0 spiro atoms. The van der Waals surface area contributed by atoms with Crippen molar-refractivity contribution in [3.05, 3.63) is 34.9 Å². The van der Waals surface area contributed by atoms with Gasteiger partial charge >= 0.3 is 0 Å². The van der Waals surface area contributed by atoms with E-state index in [2.05, 4.69) is 10.2 Å². The summed E-state index contributed by atoms with van der Waals surface area (Å²) in [6, 6.07) is 6.92. The number of nitrogens with zero attached hydrogens (tertiary/aromatic N) is 1. The number of rotatable bonds is 3. The first-order valence-electron chi connectivity index (χ1n) is 5.99. The van der Waals surface area contributed by atoms with E-state index in [4.69, 9.17) is 16.3 Å². The van der Waals surface area contributed by atoms with Crippen LogP contribution in [0.3, 0.4) is 0 Å². The molecule has 18 heavy (non-hydrogen) atoms. The number of benzene rings is 1. The third-order valence-corrected chi connectivity index (χ3v) is 3.15. The fourth-order valence-electron chi connectivity index (χ4n) is 1.93. The van der Waals surface area contributed by atoms with Crippen molar-refractivity contribution in [3.8, 4) is 0 Å². The van der Waals surface area contributed by atoms with Crippen molar-refractivity contribution in [2.45, 2.75) is 6.10 Å². The Balaban J connectivity index is 1.84. The number of ether oxygens (including phenoxy) is 1. The third kappa shape index (κ3) is 3.70. The van der Waals surface area contributed by atoms with Crippen LogP contribution in [-0.4, -0.2) is 50.2 Å². The summed E-state index contributed by atoms with van der Waals surface area (Å²) in [6.45, 7) is 3.03. The van der Waals surface area contributed by atoms with Crippen molar-refractivity contribution < 1.29 is 9.53 Å². The molecule has 1 aliphatic rings. The normalized spacial score (nSPS) is 20.7. The van der Waals surface area contributed by atoms with E-state index in [0.29, 0.717) is 23.7 Å². The first kappa shape index (κ1) is 13.3. The molecule has 5 heteroatoms. The molecule has 2 rings (SSSR count). The number of likely N-dealkylation sites (N-methyl/N-ethyl adjacent to an activating group) is 1. The van der Waals surface area contributed by atoms with Crippen LogP contribution in [0.2, 0.25) is 5.02 Å². The molecule has 1 aromatic rings. The monoisotopic (exact) mass is 268 g/mol. The van der Waals surface area contributed by atoms with Crippen molar-refractivity contribution in [2.75, 3.05) is 33.3 Å². The lowest BCUT2D eigenvalue weighted by molar-refractivity contribution is -0.0175. The molecule has 98 valence electrons. The van der Waals surface area contributed by atoms with Gasteiger partial charge in [-0.05, 0) is 25.2 Å². The van der Waals surface area contributed by atoms with Crippen molar-refractivity contribution in [3.63, 3.8) is 0 Å². The predicted octanol–water partition coefficient (Wildman–Crippen LogP) is 1.40. The van der Waals surface area contributed by atoms with Gasteiger partial charge in [0.15, 0.2) is 0 Å². The van der Waals surface area contributed by atoms with Crippen LogP contribution in [0.4, 0.5) is 0 Å². The molecule has 1 amide bonds. The van der Waals surface area contributed by atoms with Crippen LogP contribution in [-0.2, 0) is 4.74 Å². The molecule has 0 aromatic heterocycles. The van der Waals surface area contributed by atoms with Gasteiger partial charge in [0.2, 0.25) is 0 Å². The molecule has 0 bridgehead atoms. The summed E-state index contributed by atoms with van der Waals surface area (Å²) in [6.07, 6.45) is 0.0619. The Morgan fingerprint density at radius 3 is 3.17 bits per heavy atom. The minimum atomic E-state index is -0.116. The number of amides is 1. The number of carbonyl (C=O) groups excluding carboxylic acids is 1. The average Bonchev–Trinajstić information content (AvgIpc) is 2.36. The average molecular weight is 269 g/mol. The Morgan fingerprint density at radius 1 is 1.61 bits per heavy atom. The molecular weight excluding hydrogens is 252 g/mol. The van der Waals surface area contributed by atoms with E-state index in [1.807, 2.05) is 7.05 Å². The highest BCUT2D eigenvalue weighted by Gasteiger charge is 2.18. The number of morpholine rings is 1. The zero-order valence-electron chi connectivity index (χ0n) is 10.4. The van der Waals surface area contributed by atoms with E-state index in [9.17, 15) is 4.79 Å². The van der Waals surface area contributed by atoms with Crippen molar-refractivity contribution >= 4 is 17.5 Å². The van der Waals surface area contributed by atoms with Crippen LogP contribution in [0, 0.1) is 0 Å². The zero-order valence-corrected chi connectivity index (χ0v) is 11.1. The zero-order chi connectivity index (χ0) is 13.0. The lowest BCUT2D eigenvalue weighted by Gasteiger charge is -2.30. The van der Waals surface area contributed by atoms with E-state index in [1.54, 1.807) is 24.3 Å². The summed E-state index contributed by atoms with van der Waals surface area (Å²) >= 11 is 5.85. The van der Waals surface area contributed by atoms with Gasteiger partial charge in [0.25, 0.3) is 5.91 Å². The third-order valence-electron chi connectivity index (χ3n) is 2.92. The van der Waals surface area contributed by atoms with Gasteiger partial charge in [-0.2, -0.15) is 0 Å². The van der Waals surface area contributed by atoms with Crippen LogP contribution < -0.4 is 5.32 Å². The van der Waals surface area contributed by atoms with E-state index >= 15 is 0 Å². The molecule has 0 aliphatic carbocycles. The molecule has 1 fully saturated rings. The summed E-state index contributed by atoms with van der Waals surface area (Å²) < 4.78 is 5.58. The van der Waals surface area contributed by atoms with Gasteiger partial charge in [0.05, 0.1) is 12.7 Å². The van der Waals surface area contributed by atoms with Gasteiger partial charge in [-0.3, -0.25) is 4.79 Å². The molecule has 1 saturated heterocycles. The van der Waals surface area contributed by atoms with Gasteiger partial charge in [0.1, 0.15) is 0 Å². The number of halogens is 1. The maximum Gasteiger partial charge on any atom is 0.251 e. The van der Waals surface area contributed by atoms with E-state index < -0.39 is 0 Å². The fourth-order valence-corrected chi connectivity index (χ4v) is 2.12. The minimum Gasteiger partial charge on any atom is -0.374 e. The Kier molecular flexibility index (Phi) is 4.58. The molecule has 4 nitrogen and oxygen atoms in total. The first-order valence-corrected chi connectivity index (χ1v) is 6.37. The predicted molar refractivity (Wildman–Crippen MR) is 71.0 cm³/mol. The summed E-state index contributed by atoms with van der Waals surface area (Å²) in [7, 11) is 2.05. The molecule has 0 radical (unpaired) electrons. The maximum atomic E-state index is 11.9. The Labute approximate surface area is 112 Å². The second-order valence-electron chi connectivity index (χ2n) is 4.48. The van der Waals surface area contributed by atoms with Crippen molar-refractivity contribution in [1.82, 2.24) is 10.2 Å². The number of carbonyl (C=O) groups is 1. The Hall–Kier alpha value is -1.10. The Morgan fingerprint density at radius 2 is 2.44 bits per heavy atom. The van der Waals surface area contributed by atoms with Gasteiger partial charge < -0.3 is 15.0 Å². The van der Waals surface area contributed by atoms with Crippen molar-refractivity contribution in [2.24, 2.45) is 0 Å². The van der Waals surface area contributed by atoms with Crippen LogP contribution >= 0.6 is 11.6 Å². The quantitative estimate of drug-likeness (QED) is 0.901. The van der Waals surface area contributed by atoms with Crippen LogP contribution in [0.1, 0.15) is 10.4 Å². The second-order valence-corrected chi connectivity index (χ2v) is 4.91. The highest BCUT2D eigenvalue weighted by atomic mass is 35.5. The van der Waals surface area contributed by atoms with Crippen LogP contribution in [0.15, 0.2) is 24.3 Å². The number of hydrogen-bond acceptors (Lipinski definition) is 3. The lowest BCUT2D eigenvalue weighted by atomic mass is 10.2. The molecule has 1 heterocycles. The fraction of sp³-hybridized carbons (Fsp3) is 0.462. The second kappa shape index (κ2) is 6.18. The van der Waals surface area contributed by atoms with Gasteiger partial charge in [-0.15, -0.1) is 0 Å². The highest BCUT2D eigenvalue weighted by Crippen LogP contribution is 2.10. The van der Waals surface area contributed by atoms with Crippen LogP contribution in [0.5, 0.6) is 0 Å². The number of nitrogens with one attached hydrogen (secondary N) is 1. The lowest BCUT2D eigenvalue weighted by Crippen LogP contribution is -2.45. The topological polar surface area (TPSA) is 41.6 Å². The largest absolute Gasteiger partial charge is 0.374 e. The summed E-state index contributed by atoms with van der Waals surface area (Å²) in [5, 5.41) is 3.43. The molecule has 1 aliphatic heterocycles. The molecule has 0 saturated carbocycles. The smallest absolute Gasteiger partial charge is 0.251 e. The highest BCUT2D eigenvalue weighted by molar-refractivity contribution is 6.30. The van der Waals surface area contributed by atoms with E-state index in [1.165, 1.54) is 0 Å². The summed E-state index contributed by atoms with van der Waals surface area (Å²) in [4.78, 5) is 14.1. The molecular formula is C13H17ClN2O2. The molecule has 1 atom stereocenters. The standard InChI is InChI=1S/C13H17ClN2O2/c1-16-5-6-18-12(9-16)8-15-13(17)10-3-2-4-11(14)7-10/h2-4,7,12H,5-6,8-9H2,1H3,(H,15,17). The van der Waals surface area contributed by atoms with E-state index in [0.717, 1.165) is 13.1 Å². The Bertz CT molecular complexity index is 425. The van der Waals surface area contributed by atoms with Crippen molar-refractivity contribution in [1.29, 1.82) is 0 Å². The van der Waals surface area contributed by atoms with E-state index in [-0.39, 0.29) is 12.0 Å². The van der Waals surface area contributed by atoms with Gasteiger partial charge in [0, 0.05) is 30.2 Å².